The first-order valence-electron chi connectivity index (χ1n) is 6.06. The second kappa shape index (κ2) is 3.42. The Morgan fingerprint density at radius 3 is 1.89 bits per heavy atom. The first-order valence-corrected chi connectivity index (χ1v) is 6.06. The molecule has 19 heavy (non-hydrogen) atoms. The number of amides is 2. The van der Waals surface area contributed by atoms with E-state index in [-0.39, 0.29) is 11.8 Å². The van der Waals surface area contributed by atoms with Crippen LogP contribution in [-0.4, -0.2) is 11.8 Å². The number of imide groups is 1. The molecule has 0 atom stereocenters. The van der Waals surface area contributed by atoms with E-state index in [1.54, 1.807) is 24.3 Å². The molecule has 0 saturated heterocycles. The highest BCUT2D eigenvalue weighted by Gasteiger charge is 2.36. The summed E-state index contributed by atoms with van der Waals surface area (Å²) < 4.78 is 0. The lowest BCUT2D eigenvalue weighted by molar-refractivity contribution is 0.0926. The number of carbonyl (C=O) groups excluding carboxylic acids is 2. The number of anilines is 1. The van der Waals surface area contributed by atoms with Crippen molar-refractivity contribution < 1.29 is 9.59 Å². The van der Waals surface area contributed by atoms with E-state index >= 15 is 0 Å². The van der Waals surface area contributed by atoms with E-state index in [1.165, 1.54) is 4.90 Å². The van der Waals surface area contributed by atoms with Crippen LogP contribution in [0.3, 0.4) is 0 Å². The molecule has 3 nitrogen and oxygen atoms in total. The number of rotatable bonds is 1. The number of benzene rings is 2. The summed E-state index contributed by atoms with van der Waals surface area (Å²) in [5.41, 5.74) is 3.79. The van der Waals surface area contributed by atoms with Crippen LogP contribution in [0.1, 0.15) is 31.8 Å². The van der Waals surface area contributed by atoms with Crippen molar-refractivity contribution in [3.63, 3.8) is 0 Å². The third-order valence-corrected chi connectivity index (χ3v) is 3.57. The molecule has 2 aromatic carbocycles. The number of hydrogen-bond donors (Lipinski definition) is 0. The van der Waals surface area contributed by atoms with Crippen LogP contribution in [0.5, 0.6) is 0 Å². The zero-order valence-corrected chi connectivity index (χ0v) is 9.96. The van der Waals surface area contributed by atoms with Crippen molar-refractivity contribution in [1.82, 2.24) is 0 Å². The van der Waals surface area contributed by atoms with Gasteiger partial charge >= 0.3 is 0 Å². The number of carbonyl (C=O) groups is 2. The molecule has 0 N–H and O–H groups in total. The molecule has 0 aromatic heterocycles. The molecule has 1 aliphatic carbocycles. The predicted octanol–water partition coefficient (Wildman–Crippen LogP) is 2.97. The highest BCUT2D eigenvalue weighted by molar-refractivity contribution is 6.34. The van der Waals surface area contributed by atoms with Crippen molar-refractivity contribution in [3.05, 3.63) is 64.7 Å². The quantitative estimate of drug-likeness (QED) is 0.620. The van der Waals surface area contributed by atoms with Gasteiger partial charge in [0.15, 0.2) is 0 Å². The predicted molar refractivity (Wildman–Crippen MR) is 73.0 cm³/mol. The summed E-state index contributed by atoms with van der Waals surface area (Å²) in [6.07, 6.45) is 3.97. The average molecular weight is 247 g/mol. The highest BCUT2D eigenvalue weighted by Crippen LogP contribution is 2.32. The van der Waals surface area contributed by atoms with Crippen LogP contribution in [-0.2, 0) is 0 Å². The number of nitrogens with zero attached hydrogens (tertiary/aromatic N) is 1. The zero-order chi connectivity index (χ0) is 13.0. The van der Waals surface area contributed by atoms with E-state index in [9.17, 15) is 9.59 Å². The molecule has 2 aliphatic rings. The lowest BCUT2D eigenvalue weighted by Crippen LogP contribution is -2.29. The van der Waals surface area contributed by atoms with E-state index in [2.05, 4.69) is 0 Å². The maximum absolute atomic E-state index is 12.3. The van der Waals surface area contributed by atoms with Gasteiger partial charge in [0, 0.05) is 0 Å². The minimum Gasteiger partial charge on any atom is -0.268 e. The Hall–Kier alpha value is -2.68. The minimum absolute atomic E-state index is 0.246. The SMILES string of the molecule is O=C1c2ccccc2C(=O)N1c1ccc2c(c1)C=C2. The average Bonchev–Trinajstić information content (AvgIpc) is 2.65. The Morgan fingerprint density at radius 1 is 0.737 bits per heavy atom. The maximum Gasteiger partial charge on any atom is 0.266 e. The lowest BCUT2D eigenvalue weighted by Gasteiger charge is -2.17. The van der Waals surface area contributed by atoms with E-state index in [1.807, 2.05) is 30.4 Å². The molecule has 90 valence electrons. The van der Waals surface area contributed by atoms with Crippen LogP contribution in [0, 0.1) is 0 Å². The van der Waals surface area contributed by atoms with E-state index < -0.39 is 0 Å². The Bertz CT molecular complexity index is 739. The Morgan fingerprint density at radius 2 is 1.37 bits per heavy atom. The van der Waals surface area contributed by atoms with Gasteiger partial charge in [0.1, 0.15) is 0 Å². The standard InChI is InChI=1S/C16H9NO2/c18-15-13-3-1-2-4-14(13)16(19)17(15)12-8-7-10-5-6-11(10)9-12/h1-9H. The Labute approximate surface area is 109 Å². The van der Waals surface area contributed by atoms with Gasteiger partial charge in [-0.15, -0.1) is 0 Å². The number of fused-ring (bicyclic) bond motifs is 2. The first kappa shape index (κ1) is 10.3. The second-order valence-electron chi connectivity index (χ2n) is 4.64. The normalized spacial score (nSPS) is 15.3. The third-order valence-electron chi connectivity index (χ3n) is 3.57. The van der Waals surface area contributed by atoms with Crippen molar-refractivity contribution in [2.45, 2.75) is 0 Å². The molecule has 2 amide bonds. The van der Waals surface area contributed by atoms with E-state index in [4.69, 9.17) is 0 Å². The van der Waals surface area contributed by atoms with Gasteiger partial charge in [-0.05, 0) is 35.4 Å². The molecule has 0 saturated carbocycles. The van der Waals surface area contributed by atoms with Gasteiger partial charge in [-0.1, -0.05) is 30.4 Å². The van der Waals surface area contributed by atoms with E-state index in [0.29, 0.717) is 16.8 Å². The van der Waals surface area contributed by atoms with Crippen LogP contribution in [0.4, 0.5) is 5.69 Å². The monoisotopic (exact) mass is 247 g/mol. The molecule has 0 bridgehead atoms. The topological polar surface area (TPSA) is 37.4 Å². The summed E-state index contributed by atoms with van der Waals surface area (Å²) in [5, 5.41) is 0. The van der Waals surface area contributed by atoms with Gasteiger partial charge in [-0.3, -0.25) is 9.59 Å². The molecular weight excluding hydrogens is 238 g/mol. The van der Waals surface area contributed by atoms with Crippen molar-refractivity contribution in [2.24, 2.45) is 0 Å². The summed E-state index contributed by atoms with van der Waals surface area (Å²) >= 11 is 0. The van der Waals surface area contributed by atoms with Crippen LogP contribution in [0.15, 0.2) is 42.5 Å². The summed E-state index contributed by atoms with van der Waals surface area (Å²) in [6, 6.07) is 12.5. The van der Waals surface area contributed by atoms with Crippen molar-refractivity contribution >= 4 is 29.7 Å². The summed E-state index contributed by atoms with van der Waals surface area (Å²) in [5.74, 6) is -0.493. The maximum atomic E-state index is 12.3. The molecule has 0 radical (unpaired) electrons. The molecule has 3 heteroatoms. The fourth-order valence-electron chi connectivity index (χ4n) is 2.50. The lowest BCUT2D eigenvalue weighted by atomic mass is 9.97. The van der Waals surface area contributed by atoms with Crippen LogP contribution in [0.2, 0.25) is 0 Å². The minimum atomic E-state index is -0.246. The molecule has 2 aromatic rings. The van der Waals surface area contributed by atoms with Crippen LogP contribution >= 0.6 is 0 Å². The van der Waals surface area contributed by atoms with Gasteiger partial charge in [0.05, 0.1) is 16.8 Å². The third kappa shape index (κ3) is 1.27. The second-order valence-corrected chi connectivity index (χ2v) is 4.64. The summed E-state index contributed by atoms with van der Waals surface area (Å²) in [6.45, 7) is 0. The molecule has 0 spiro atoms. The molecule has 0 fully saturated rings. The van der Waals surface area contributed by atoms with Gasteiger partial charge in [0.2, 0.25) is 0 Å². The van der Waals surface area contributed by atoms with Crippen LogP contribution < -0.4 is 4.90 Å². The zero-order valence-electron chi connectivity index (χ0n) is 9.96. The summed E-state index contributed by atoms with van der Waals surface area (Å²) in [7, 11) is 0. The highest BCUT2D eigenvalue weighted by atomic mass is 16.2. The Balaban J connectivity index is 1.84. The van der Waals surface area contributed by atoms with Gasteiger partial charge in [-0.2, -0.15) is 0 Å². The fourth-order valence-corrected chi connectivity index (χ4v) is 2.50. The summed E-state index contributed by atoms with van der Waals surface area (Å²) in [4.78, 5) is 25.9. The van der Waals surface area contributed by atoms with Crippen LogP contribution in [0.25, 0.3) is 12.2 Å². The first-order chi connectivity index (χ1) is 9.25. The van der Waals surface area contributed by atoms with Crippen molar-refractivity contribution in [1.29, 1.82) is 0 Å². The van der Waals surface area contributed by atoms with Gasteiger partial charge in [0.25, 0.3) is 11.8 Å². The number of hydrogen-bond acceptors (Lipinski definition) is 2. The molecule has 1 aliphatic heterocycles. The van der Waals surface area contributed by atoms with Gasteiger partial charge in [-0.25, -0.2) is 4.90 Å². The van der Waals surface area contributed by atoms with Gasteiger partial charge < -0.3 is 0 Å². The molecule has 1 heterocycles. The van der Waals surface area contributed by atoms with Crippen molar-refractivity contribution in [2.75, 3.05) is 4.90 Å². The van der Waals surface area contributed by atoms with Crippen molar-refractivity contribution in [3.8, 4) is 0 Å². The smallest absolute Gasteiger partial charge is 0.266 e. The fraction of sp³-hybridized carbons (Fsp3) is 0. The molecular formula is C16H9NO2. The molecule has 0 unspecified atom stereocenters. The Kier molecular flexibility index (Phi) is 1.85. The molecule has 4 rings (SSSR count). The largest absolute Gasteiger partial charge is 0.268 e. The van der Waals surface area contributed by atoms with E-state index in [0.717, 1.165) is 11.1 Å².